The minimum atomic E-state index is 0.394. The molecule has 0 aromatic carbocycles. The van der Waals surface area contributed by atoms with Crippen LogP contribution >= 0.6 is 0 Å². The van der Waals surface area contributed by atoms with Gasteiger partial charge in [0, 0.05) is 30.5 Å². The van der Waals surface area contributed by atoms with Crippen LogP contribution < -0.4 is 10.6 Å². The minimum Gasteiger partial charge on any atom is -0.377 e. The SMILES string of the molecule is CCN=C(NC1CC2CCC1O2)NC1C2CCOC2C12CCC2. The Morgan fingerprint density at radius 1 is 1.22 bits per heavy atom. The van der Waals surface area contributed by atoms with Gasteiger partial charge in [0.2, 0.25) is 0 Å². The topological polar surface area (TPSA) is 54.9 Å². The smallest absolute Gasteiger partial charge is 0.191 e. The van der Waals surface area contributed by atoms with Gasteiger partial charge < -0.3 is 20.1 Å². The highest BCUT2D eigenvalue weighted by atomic mass is 16.5. The van der Waals surface area contributed by atoms with E-state index >= 15 is 0 Å². The second-order valence-corrected chi connectivity index (χ2v) is 8.14. The predicted molar refractivity (Wildman–Crippen MR) is 88.5 cm³/mol. The number of fused-ring (bicyclic) bond motifs is 4. The van der Waals surface area contributed by atoms with Gasteiger partial charge in [-0.25, -0.2) is 0 Å². The molecule has 5 heteroatoms. The third kappa shape index (κ3) is 2.08. The summed E-state index contributed by atoms with van der Waals surface area (Å²) in [7, 11) is 0. The van der Waals surface area contributed by atoms with Crippen molar-refractivity contribution in [3.63, 3.8) is 0 Å². The molecule has 23 heavy (non-hydrogen) atoms. The maximum Gasteiger partial charge on any atom is 0.191 e. The van der Waals surface area contributed by atoms with E-state index in [0.29, 0.717) is 41.7 Å². The molecular weight excluding hydrogens is 290 g/mol. The number of aliphatic imine (C=N–C) groups is 1. The van der Waals surface area contributed by atoms with Crippen molar-refractivity contribution in [1.82, 2.24) is 10.6 Å². The zero-order valence-electron chi connectivity index (χ0n) is 14.1. The van der Waals surface area contributed by atoms with E-state index in [1.807, 2.05) is 0 Å². The van der Waals surface area contributed by atoms with E-state index in [4.69, 9.17) is 14.5 Å². The van der Waals surface area contributed by atoms with E-state index in [1.165, 1.54) is 38.5 Å². The second-order valence-electron chi connectivity index (χ2n) is 8.14. The highest BCUT2D eigenvalue weighted by molar-refractivity contribution is 5.81. The number of guanidine groups is 1. The van der Waals surface area contributed by atoms with Crippen molar-refractivity contribution in [2.24, 2.45) is 16.3 Å². The molecule has 6 unspecified atom stereocenters. The molecule has 3 saturated heterocycles. The molecule has 6 atom stereocenters. The molecule has 5 nitrogen and oxygen atoms in total. The van der Waals surface area contributed by atoms with Crippen molar-refractivity contribution in [2.75, 3.05) is 13.2 Å². The number of hydrogen-bond acceptors (Lipinski definition) is 3. The van der Waals surface area contributed by atoms with Crippen LogP contribution in [-0.4, -0.2) is 49.5 Å². The number of nitrogens with zero attached hydrogens (tertiary/aromatic N) is 1. The van der Waals surface area contributed by atoms with Crippen LogP contribution in [0.25, 0.3) is 0 Å². The molecule has 3 heterocycles. The largest absolute Gasteiger partial charge is 0.377 e. The maximum absolute atomic E-state index is 6.03. The molecule has 2 bridgehead atoms. The summed E-state index contributed by atoms with van der Waals surface area (Å²) < 4.78 is 12.0. The summed E-state index contributed by atoms with van der Waals surface area (Å²) >= 11 is 0. The Balaban J connectivity index is 1.28. The molecule has 0 aromatic heterocycles. The van der Waals surface area contributed by atoms with Gasteiger partial charge in [0.15, 0.2) is 5.96 Å². The van der Waals surface area contributed by atoms with Crippen LogP contribution in [0.3, 0.4) is 0 Å². The normalized spacial score (nSPS) is 46.4. The van der Waals surface area contributed by atoms with E-state index in [2.05, 4.69) is 17.6 Å². The van der Waals surface area contributed by atoms with Crippen LogP contribution in [0.5, 0.6) is 0 Å². The van der Waals surface area contributed by atoms with E-state index in [0.717, 1.165) is 25.5 Å². The number of nitrogens with one attached hydrogen (secondary N) is 2. The third-order valence-electron chi connectivity index (χ3n) is 7.07. The first-order chi connectivity index (χ1) is 11.3. The van der Waals surface area contributed by atoms with Crippen molar-refractivity contribution < 1.29 is 9.47 Å². The molecular formula is C18H29N3O2. The van der Waals surface area contributed by atoms with Gasteiger partial charge in [0.05, 0.1) is 24.4 Å². The molecule has 5 fully saturated rings. The Bertz CT molecular complexity index is 504. The summed E-state index contributed by atoms with van der Waals surface area (Å²) in [6.45, 7) is 3.88. The first-order valence-corrected chi connectivity index (χ1v) is 9.65. The van der Waals surface area contributed by atoms with Gasteiger partial charge in [-0.05, 0) is 45.4 Å². The van der Waals surface area contributed by atoms with E-state index in [9.17, 15) is 0 Å². The zero-order valence-corrected chi connectivity index (χ0v) is 14.1. The quantitative estimate of drug-likeness (QED) is 0.615. The van der Waals surface area contributed by atoms with Crippen LogP contribution in [-0.2, 0) is 9.47 Å². The van der Waals surface area contributed by atoms with Crippen molar-refractivity contribution in [3.8, 4) is 0 Å². The average Bonchev–Trinajstić information content (AvgIpc) is 3.19. The van der Waals surface area contributed by atoms with Crippen molar-refractivity contribution in [3.05, 3.63) is 0 Å². The third-order valence-corrected chi connectivity index (χ3v) is 7.07. The number of ether oxygens (including phenoxy) is 2. The highest BCUT2D eigenvalue weighted by Gasteiger charge is 2.66. The molecule has 2 saturated carbocycles. The summed E-state index contributed by atoms with van der Waals surface area (Å²) in [5, 5.41) is 7.49. The number of hydrogen-bond donors (Lipinski definition) is 2. The van der Waals surface area contributed by atoms with Gasteiger partial charge in [-0.1, -0.05) is 6.42 Å². The Morgan fingerprint density at radius 2 is 2.13 bits per heavy atom. The number of rotatable bonds is 3. The molecule has 3 aliphatic heterocycles. The van der Waals surface area contributed by atoms with Gasteiger partial charge in [-0.2, -0.15) is 0 Å². The van der Waals surface area contributed by atoms with Gasteiger partial charge >= 0.3 is 0 Å². The molecule has 0 aromatic rings. The minimum absolute atomic E-state index is 0.394. The molecule has 2 aliphatic carbocycles. The van der Waals surface area contributed by atoms with Crippen LogP contribution in [0.1, 0.15) is 51.9 Å². The lowest BCUT2D eigenvalue weighted by atomic mass is 9.46. The van der Waals surface area contributed by atoms with E-state index in [1.54, 1.807) is 0 Å². The Hall–Kier alpha value is -0.810. The molecule has 5 aliphatic rings. The van der Waals surface area contributed by atoms with Gasteiger partial charge in [0.1, 0.15) is 0 Å². The standard InChI is InChI=1S/C18H29N3O2/c1-2-19-17(20-13-10-11-4-5-14(13)23-11)21-15-12-6-9-22-16(12)18(15)7-3-8-18/h11-16H,2-10H2,1H3,(H2,19,20,21). The fourth-order valence-corrected chi connectivity index (χ4v) is 5.86. The summed E-state index contributed by atoms with van der Waals surface area (Å²) in [4.78, 5) is 4.73. The second kappa shape index (κ2) is 5.35. The van der Waals surface area contributed by atoms with Crippen molar-refractivity contribution >= 4 is 5.96 Å². The summed E-state index contributed by atoms with van der Waals surface area (Å²) in [5.74, 6) is 1.70. The van der Waals surface area contributed by atoms with Gasteiger partial charge in [0.25, 0.3) is 0 Å². The van der Waals surface area contributed by atoms with E-state index in [-0.39, 0.29) is 0 Å². The molecule has 1 spiro atoms. The Kier molecular flexibility index (Phi) is 3.38. The average molecular weight is 319 g/mol. The molecule has 128 valence electrons. The first kappa shape index (κ1) is 14.5. The van der Waals surface area contributed by atoms with Crippen molar-refractivity contribution in [2.45, 2.75) is 82.3 Å². The van der Waals surface area contributed by atoms with Gasteiger partial charge in [-0.3, -0.25) is 4.99 Å². The van der Waals surface area contributed by atoms with Crippen LogP contribution in [0.4, 0.5) is 0 Å². The fraction of sp³-hybridized carbons (Fsp3) is 0.944. The van der Waals surface area contributed by atoms with Crippen LogP contribution in [0.15, 0.2) is 4.99 Å². The van der Waals surface area contributed by atoms with E-state index < -0.39 is 0 Å². The van der Waals surface area contributed by atoms with Crippen molar-refractivity contribution in [1.29, 1.82) is 0 Å². The maximum atomic E-state index is 6.03. The fourth-order valence-electron chi connectivity index (χ4n) is 5.86. The monoisotopic (exact) mass is 319 g/mol. The van der Waals surface area contributed by atoms with Crippen LogP contribution in [0.2, 0.25) is 0 Å². The molecule has 5 rings (SSSR count). The Morgan fingerprint density at radius 3 is 2.78 bits per heavy atom. The zero-order chi connectivity index (χ0) is 15.4. The Labute approximate surface area is 138 Å². The summed E-state index contributed by atoms with van der Waals surface area (Å²) in [6.07, 6.45) is 10.2. The summed E-state index contributed by atoms with van der Waals surface area (Å²) in [6, 6.07) is 1.00. The lowest BCUT2D eigenvalue weighted by Gasteiger charge is -2.63. The van der Waals surface area contributed by atoms with Crippen LogP contribution in [0, 0.1) is 11.3 Å². The lowest BCUT2D eigenvalue weighted by molar-refractivity contribution is -0.171. The lowest BCUT2D eigenvalue weighted by Crippen LogP contribution is -2.72. The molecule has 0 amide bonds. The summed E-state index contributed by atoms with van der Waals surface area (Å²) in [5.41, 5.74) is 0.405. The molecule has 2 N–H and O–H groups in total. The first-order valence-electron chi connectivity index (χ1n) is 9.65. The van der Waals surface area contributed by atoms with Gasteiger partial charge in [-0.15, -0.1) is 0 Å². The highest BCUT2D eigenvalue weighted by Crippen LogP contribution is 2.62. The molecule has 0 radical (unpaired) electrons. The predicted octanol–water partition coefficient (Wildman–Crippen LogP) is 1.82.